The molecule has 2 heterocycles. The maximum Gasteiger partial charge on any atom is 0.410 e. The van der Waals surface area contributed by atoms with Crippen molar-refractivity contribution in [1.82, 2.24) is 9.88 Å². The van der Waals surface area contributed by atoms with E-state index < -0.39 is 0 Å². The minimum atomic E-state index is -0.293. The molecule has 4 rings (SSSR count). The molecule has 0 saturated carbocycles. The van der Waals surface area contributed by atoms with E-state index in [0.29, 0.717) is 13.1 Å². The fourth-order valence-corrected chi connectivity index (χ4v) is 4.02. The summed E-state index contributed by atoms with van der Waals surface area (Å²) in [6.45, 7) is 1.42. The van der Waals surface area contributed by atoms with Gasteiger partial charge < -0.3 is 14.7 Å². The number of benzene rings is 2. The van der Waals surface area contributed by atoms with Crippen molar-refractivity contribution in [2.24, 2.45) is 0 Å². The Kier molecular flexibility index (Phi) is 4.58. The van der Waals surface area contributed by atoms with Crippen LogP contribution in [0.3, 0.4) is 0 Å². The van der Waals surface area contributed by atoms with Gasteiger partial charge in [-0.05, 0) is 29.8 Å². The van der Waals surface area contributed by atoms with E-state index in [1.807, 2.05) is 42.5 Å². The summed E-state index contributed by atoms with van der Waals surface area (Å²) in [5.74, 6) is 0.238. The molecule has 0 aliphatic carbocycles. The largest absolute Gasteiger partial charge is 0.508 e. The molecule has 1 aliphatic heterocycles. The molecule has 1 aliphatic rings. The van der Waals surface area contributed by atoms with Gasteiger partial charge in [-0.1, -0.05) is 30.3 Å². The third kappa shape index (κ3) is 3.55. The number of aromatic nitrogens is 1. The third-order valence-electron chi connectivity index (χ3n) is 4.31. The Hall–Kier alpha value is -2.86. The van der Waals surface area contributed by atoms with Gasteiger partial charge >= 0.3 is 6.09 Å². The number of carbonyl (C=O) groups excluding carboxylic acids is 1. The lowest BCUT2D eigenvalue weighted by Gasteiger charge is -2.25. The second-order valence-corrected chi connectivity index (χ2v) is 7.23. The van der Waals surface area contributed by atoms with Gasteiger partial charge in [-0.3, -0.25) is 0 Å². The molecule has 2 aromatic carbocycles. The molecule has 1 aromatic heterocycles. The molecule has 0 radical (unpaired) electrons. The van der Waals surface area contributed by atoms with Crippen molar-refractivity contribution in [3.8, 4) is 16.3 Å². The van der Waals surface area contributed by atoms with E-state index >= 15 is 0 Å². The lowest BCUT2D eigenvalue weighted by atomic mass is 10.2. The molecular formula is C20H18N2O3S. The van der Waals surface area contributed by atoms with Crippen molar-refractivity contribution in [3.05, 3.63) is 70.7 Å². The number of thiazole rings is 1. The molecule has 1 amide bonds. The molecule has 0 bridgehead atoms. The molecule has 3 aromatic rings. The van der Waals surface area contributed by atoms with Crippen LogP contribution in [0, 0.1) is 0 Å². The zero-order valence-electron chi connectivity index (χ0n) is 14.1. The van der Waals surface area contributed by atoms with Gasteiger partial charge in [0.05, 0.1) is 12.2 Å². The Bertz CT molecular complexity index is 907. The standard InChI is InChI=1S/C20H18N2O3S/c23-16-8-6-15(7-9-16)19-21-17-10-11-22(12-18(17)26-19)20(24)25-13-14-4-2-1-3-5-14/h1-9,23H,10-13H2. The highest BCUT2D eigenvalue weighted by Crippen LogP contribution is 2.32. The maximum absolute atomic E-state index is 12.4. The van der Waals surface area contributed by atoms with E-state index in [9.17, 15) is 9.90 Å². The van der Waals surface area contributed by atoms with Crippen molar-refractivity contribution >= 4 is 17.4 Å². The third-order valence-corrected chi connectivity index (χ3v) is 5.44. The second kappa shape index (κ2) is 7.17. The summed E-state index contributed by atoms with van der Waals surface area (Å²) in [5, 5.41) is 10.3. The van der Waals surface area contributed by atoms with E-state index in [0.717, 1.165) is 33.1 Å². The first-order valence-corrected chi connectivity index (χ1v) is 9.24. The SMILES string of the molecule is O=C(OCc1ccccc1)N1CCc2nc(-c3ccc(O)cc3)sc2C1. The highest BCUT2D eigenvalue weighted by molar-refractivity contribution is 7.15. The Morgan fingerprint density at radius 2 is 1.92 bits per heavy atom. The summed E-state index contributed by atoms with van der Waals surface area (Å²) >= 11 is 1.59. The van der Waals surface area contributed by atoms with E-state index in [-0.39, 0.29) is 18.4 Å². The summed E-state index contributed by atoms with van der Waals surface area (Å²) in [6.07, 6.45) is 0.434. The second-order valence-electron chi connectivity index (χ2n) is 6.15. The number of hydrogen-bond donors (Lipinski definition) is 1. The van der Waals surface area contributed by atoms with Crippen LogP contribution in [-0.2, 0) is 24.3 Å². The molecule has 0 saturated heterocycles. The van der Waals surface area contributed by atoms with Crippen molar-refractivity contribution in [2.45, 2.75) is 19.6 Å². The lowest BCUT2D eigenvalue weighted by molar-refractivity contribution is 0.0921. The van der Waals surface area contributed by atoms with Crippen LogP contribution in [0.5, 0.6) is 5.75 Å². The Balaban J connectivity index is 1.42. The summed E-state index contributed by atoms with van der Waals surface area (Å²) in [6, 6.07) is 16.7. The molecule has 132 valence electrons. The zero-order valence-corrected chi connectivity index (χ0v) is 14.9. The quantitative estimate of drug-likeness (QED) is 0.754. The van der Waals surface area contributed by atoms with Gasteiger partial charge in [0.25, 0.3) is 0 Å². The molecule has 0 spiro atoms. The number of phenols is 1. The molecule has 6 heteroatoms. The smallest absolute Gasteiger partial charge is 0.410 e. The number of aromatic hydroxyl groups is 1. The molecule has 0 atom stereocenters. The van der Waals surface area contributed by atoms with Gasteiger partial charge in [-0.25, -0.2) is 9.78 Å². The lowest BCUT2D eigenvalue weighted by Crippen LogP contribution is -2.35. The van der Waals surface area contributed by atoms with Gasteiger partial charge in [-0.15, -0.1) is 11.3 Å². The normalized spacial score (nSPS) is 13.3. The molecule has 0 fully saturated rings. The average Bonchev–Trinajstić information content (AvgIpc) is 3.10. The van der Waals surface area contributed by atoms with Crippen LogP contribution in [0.15, 0.2) is 54.6 Å². The number of amides is 1. The number of fused-ring (bicyclic) bond motifs is 1. The molecule has 5 nitrogen and oxygen atoms in total. The average molecular weight is 366 g/mol. The Morgan fingerprint density at radius 3 is 2.69 bits per heavy atom. The minimum absolute atomic E-state index is 0.238. The van der Waals surface area contributed by atoms with Crippen molar-refractivity contribution in [2.75, 3.05) is 6.54 Å². The highest BCUT2D eigenvalue weighted by atomic mass is 32.1. The van der Waals surface area contributed by atoms with Crippen LogP contribution in [0.2, 0.25) is 0 Å². The van der Waals surface area contributed by atoms with Crippen LogP contribution in [0.4, 0.5) is 4.79 Å². The topological polar surface area (TPSA) is 62.7 Å². The van der Waals surface area contributed by atoms with E-state index in [4.69, 9.17) is 9.72 Å². The fourth-order valence-electron chi connectivity index (χ4n) is 2.89. The van der Waals surface area contributed by atoms with Gasteiger partial charge in [-0.2, -0.15) is 0 Å². The minimum Gasteiger partial charge on any atom is -0.508 e. The van der Waals surface area contributed by atoms with Crippen LogP contribution in [-0.4, -0.2) is 27.6 Å². The molecule has 26 heavy (non-hydrogen) atoms. The van der Waals surface area contributed by atoms with Crippen molar-refractivity contribution < 1.29 is 14.6 Å². The Labute approximate surface area is 155 Å². The first-order chi connectivity index (χ1) is 12.7. The molecule has 0 unspecified atom stereocenters. The predicted molar refractivity (Wildman–Crippen MR) is 100.0 cm³/mol. The van der Waals surface area contributed by atoms with E-state index in [1.165, 1.54) is 0 Å². The monoisotopic (exact) mass is 366 g/mol. The van der Waals surface area contributed by atoms with Gasteiger partial charge in [0.15, 0.2) is 0 Å². The highest BCUT2D eigenvalue weighted by Gasteiger charge is 2.25. The molecular weight excluding hydrogens is 348 g/mol. The summed E-state index contributed by atoms with van der Waals surface area (Å²) in [7, 11) is 0. The van der Waals surface area contributed by atoms with Crippen LogP contribution in [0.1, 0.15) is 16.1 Å². The van der Waals surface area contributed by atoms with Gasteiger partial charge in [0.2, 0.25) is 0 Å². The maximum atomic E-state index is 12.4. The number of nitrogens with zero attached hydrogens (tertiary/aromatic N) is 2. The fraction of sp³-hybridized carbons (Fsp3) is 0.200. The predicted octanol–water partition coefficient (Wildman–Crippen LogP) is 4.21. The number of ether oxygens (including phenoxy) is 1. The van der Waals surface area contributed by atoms with E-state index in [1.54, 1.807) is 28.4 Å². The van der Waals surface area contributed by atoms with Gasteiger partial charge in [0.1, 0.15) is 17.4 Å². The first-order valence-electron chi connectivity index (χ1n) is 8.42. The number of rotatable bonds is 3. The molecule has 1 N–H and O–H groups in total. The van der Waals surface area contributed by atoms with Crippen molar-refractivity contribution in [1.29, 1.82) is 0 Å². The van der Waals surface area contributed by atoms with Crippen molar-refractivity contribution in [3.63, 3.8) is 0 Å². The first kappa shape index (κ1) is 16.6. The van der Waals surface area contributed by atoms with Crippen LogP contribution < -0.4 is 0 Å². The van der Waals surface area contributed by atoms with Crippen LogP contribution in [0.25, 0.3) is 10.6 Å². The summed E-state index contributed by atoms with van der Waals surface area (Å²) < 4.78 is 5.43. The summed E-state index contributed by atoms with van der Waals surface area (Å²) in [5.41, 5.74) is 3.00. The Morgan fingerprint density at radius 1 is 1.15 bits per heavy atom. The van der Waals surface area contributed by atoms with Crippen LogP contribution >= 0.6 is 11.3 Å². The van der Waals surface area contributed by atoms with Gasteiger partial charge in [0, 0.05) is 23.4 Å². The number of phenolic OH excluding ortho intramolecular Hbond substituents is 1. The number of carbonyl (C=O) groups is 1. The zero-order chi connectivity index (χ0) is 17.9. The number of hydrogen-bond acceptors (Lipinski definition) is 5. The summed E-state index contributed by atoms with van der Waals surface area (Å²) in [4.78, 5) is 19.9. The van der Waals surface area contributed by atoms with E-state index in [2.05, 4.69) is 0 Å².